The van der Waals surface area contributed by atoms with Gasteiger partial charge in [0.05, 0.1) is 0 Å². The Morgan fingerprint density at radius 1 is 1.29 bits per heavy atom. The van der Waals surface area contributed by atoms with E-state index in [1.807, 2.05) is 0 Å². The van der Waals surface area contributed by atoms with Gasteiger partial charge in [-0.15, -0.1) is 0 Å². The molecule has 0 amide bonds. The molecule has 0 aliphatic heterocycles. The van der Waals surface area contributed by atoms with E-state index in [9.17, 15) is 0 Å². The molecular formula is C11H17PSSe. The van der Waals surface area contributed by atoms with Crippen molar-refractivity contribution in [1.82, 2.24) is 0 Å². The van der Waals surface area contributed by atoms with Gasteiger partial charge in [-0.3, -0.25) is 0 Å². The third kappa shape index (κ3) is 3.21. The van der Waals surface area contributed by atoms with Crippen molar-refractivity contribution in [2.45, 2.75) is 25.6 Å². The fourth-order valence-electron chi connectivity index (χ4n) is 1.35. The molecule has 0 nitrogen and oxygen atoms in total. The van der Waals surface area contributed by atoms with Crippen LogP contribution in [0, 0.1) is 0 Å². The summed E-state index contributed by atoms with van der Waals surface area (Å²) in [5.74, 6) is 2.30. The van der Waals surface area contributed by atoms with Gasteiger partial charge in [0.1, 0.15) is 0 Å². The zero-order valence-corrected chi connectivity index (χ0v) is 12.2. The average molecular weight is 291 g/mol. The van der Waals surface area contributed by atoms with E-state index in [4.69, 9.17) is 11.8 Å². The Hall–Kier alpha value is 0.389. The van der Waals surface area contributed by atoms with Crippen molar-refractivity contribution in [3.8, 4) is 0 Å². The van der Waals surface area contributed by atoms with Crippen LogP contribution in [0.15, 0.2) is 30.3 Å². The first kappa shape index (κ1) is 12.5. The number of benzene rings is 1. The summed E-state index contributed by atoms with van der Waals surface area (Å²) in [4.78, 5) is 0. The van der Waals surface area contributed by atoms with Gasteiger partial charge in [-0.1, -0.05) is 0 Å². The summed E-state index contributed by atoms with van der Waals surface area (Å²) in [6.45, 7) is 2.24. The van der Waals surface area contributed by atoms with Crippen molar-refractivity contribution in [1.29, 1.82) is 0 Å². The predicted octanol–water partition coefficient (Wildman–Crippen LogP) is 3.26. The molecule has 14 heavy (non-hydrogen) atoms. The number of unbranched alkanes of at least 4 members (excludes halogenated alkanes) is 1. The zero-order chi connectivity index (χ0) is 10.4. The summed E-state index contributed by atoms with van der Waals surface area (Å²) in [6.07, 6.45) is 3.82. The Balaban J connectivity index is 2.85. The van der Waals surface area contributed by atoms with Crippen molar-refractivity contribution in [2.24, 2.45) is 0 Å². The Labute approximate surface area is 98.3 Å². The molecule has 0 fully saturated rings. The van der Waals surface area contributed by atoms with Crippen molar-refractivity contribution in [3.05, 3.63) is 30.3 Å². The summed E-state index contributed by atoms with van der Waals surface area (Å²) >= 11 is 6.48. The van der Waals surface area contributed by atoms with Crippen LogP contribution in [-0.4, -0.2) is 20.7 Å². The molecule has 0 saturated carbocycles. The van der Waals surface area contributed by atoms with Crippen LogP contribution in [0.1, 0.15) is 19.8 Å². The Kier molecular flexibility index (Phi) is 5.41. The SMILES string of the molecule is CCCCP(=S)([Se]C)c1ccccc1. The molecule has 0 radical (unpaired) electrons. The first-order valence-electron chi connectivity index (χ1n) is 4.93. The molecule has 0 bridgehead atoms. The molecule has 0 aliphatic carbocycles. The van der Waals surface area contributed by atoms with Gasteiger partial charge in [-0.05, 0) is 0 Å². The van der Waals surface area contributed by atoms with Gasteiger partial charge in [-0.25, -0.2) is 0 Å². The van der Waals surface area contributed by atoms with Gasteiger partial charge in [0, 0.05) is 0 Å². The molecule has 0 N–H and O–H groups in total. The van der Waals surface area contributed by atoms with Gasteiger partial charge in [0.2, 0.25) is 0 Å². The summed E-state index contributed by atoms with van der Waals surface area (Å²) in [5, 5.41) is 1.45. The minimum absolute atomic E-state index is 0.610. The van der Waals surface area contributed by atoms with E-state index in [1.165, 1.54) is 24.3 Å². The van der Waals surface area contributed by atoms with Crippen LogP contribution < -0.4 is 5.30 Å². The molecule has 1 atom stereocenters. The molecule has 0 heterocycles. The molecule has 1 aromatic carbocycles. The summed E-state index contributed by atoms with van der Waals surface area (Å²) in [6, 6.07) is 10.8. The van der Waals surface area contributed by atoms with Crippen LogP contribution >= 0.6 is 4.73 Å². The minimum atomic E-state index is -1.17. The van der Waals surface area contributed by atoms with Crippen molar-refractivity contribution >= 4 is 36.4 Å². The second kappa shape index (κ2) is 6.08. The van der Waals surface area contributed by atoms with E-state index in [0.717, 1.165) is 0 Å². The quantitative estimate of drug-likeness (QED) is 0.593. The van der Waals surface area contributed by atoms with Crippen LogP contribution in [0.25, 0.3) is 0 Å². The second-order valence-electron chi connectivity index (χ2n) is 3.27. The van der Waals surface area contributed by atoms with E-state index in [-0.39, 0.29) is 0 Å². The molecule has 1 unspecified atom stereocenters. The van der Waals surface area contributed by atoms with E-state index < -0.39 is 4.73 Å². The van der Waals surface area contributed by atoms with Gasteiger partial charge in [0.25, 0.3) is 0 Å². The Bertz CT molecular complexity index is 310. The zero-order valence-electron chi connectivity index (χ0n) is 8.77. The van der Waals surface area contributed by atoms with Crippen LogP contribution in [0.5, 0.6) is 0 Å². The fraction of sp³-hybridized carbons (Fsp3) is 0.455. The first-order chi connectivity index (χ1) is 6.73. The Morgan fingerprint density at radius 3 is 2.43 bits per heavy atom. The van der Waals surface area contributed by atoms with Gasteiger partial charge >= 0.3 is 98.4 Å². The summed E-state index contributed by atoms with van der Waals surface area (Å²) in [5.41, 5.74) is 0. The molecule has 1 aromatic rings. The summed E-state index contributed by atoms with van der Waals surface area (Å²) < 4.78 is -1.17. The van der Waals surface area contributed by atoms with Crippen LogP contribution in [0.3, 0.4) is 0 Å². The fourth-order valence-corrected chi connectivity index (χ4v) is 8.16. The van der Waals surface area contributed by atoms with Crippen molar-refractivity contribution in [3.63, 3.8) is 0 Å². The van der Waals surface area contributed by atoms with Crippen molar-refractivity contribution < 1.29 is 0 Å². The molecule has 0 spiro atoms. The van der Waals surface area contributed by atoms with Gasteiger partial charge in [0.15, 0.2) is 0 Å². The third-order valence-electron chi connectivity index (χ3n) is 2.25. The average Bonchev–Trinajstić information content (AvgIpc) is 2.27. The molecule has 78 valence electrons. The van der Waals surface area contributed by atoms with E-state index in [0.29, 0.717) is 14.5 Å². The number of hydrogen-bond donors (Lipinski definition) is 0. The molecule has 0 aromatic heterocycles. The maximum absolute atomic E-state index is 5.87. The third-order valence-corrected chi connectivity index (χ3v) is 14.5. The molecular weight excluding hydrogens is 274 g/mol. The number of hydrogen-bond acceptors (Lipinski definition) is 1. The van der Waals surface area contributed by atoms with E-state index in [2.05, 4.69) is 43.1 Å². The Morgan fingerprint density at radius 2 is 1.93 bits per heavy atom. The van der Waals surface area contributed by atoms with Crippen LogP contribution in [-0.2, 0) is 11.8 Å². The summed E-state index contributed by atoms with van der Waals surface area (Å²) in [7, 11) is 0. The second-order valence-corrected chi connectivity index (χ2v) is 15.6. The van der Waals surface area contributed by atoms with Gasteiger partial charge < -0.3 is 0 Å². The van der Waals surface area contributed by atoms with Crippen molar-refractivity contribution in [2.75, 3.05) is 6.16 Å². The van der Waals surface area contributed by atoms with Crippen LogP contribution in [0.2, 0.25) is 5.82 Å². The molecule has 0 aliphatic rings. The number of rotatable bonds is 5. The standard InChI is InChI=1S/C11H17PSSe/c1-3-4-10-12(13,14-2)11-8-6-5-7-9-11/h5-9H,3-4,10H2,1-2H3. The van der Waals surface area contributed by atoms with E-state index >= 15 is 0 Å². The normalized spacial score (nSPS) is 15.0. The first-order valence-corrected chi connectivity index (χ1v) is 11.8. The molecule has 0 saturated heterocycles. The van der Waals surface area contributed by atoms with Gasteiger partial charge in [-0.2, -0.15) is 0 Å². The topological polar surface area (TPSA) is 0 Å². The molecule has 3 heteroatoms. The monoisotopic (exact) mass is 292 g/mol. The predicted molar refractivity (Wildman–Crippen MR) is 71.8 cm³/mol. The van der Waals surface area contributed by atoms with Crippen LogP contribution in [0.4, 0.5) is 0 Å². The molecule has 1 rings (SSSR count). The maximum atomic E-state index is 5.87. The van der Waals surface area contributed by atoms with E-state index in [1.54, 1.807) is 0 Å².